The van der Waals surface area contributed by atoms with Crippen molar-refractivity contribution in [2.24, 2.45) is 0 Å². The summed E-state index contributed by atoms with van der Waals surface area (Å²) in [5, 5.41) is 0.578. The first-order valence-electron chi connectivity index (χ1n) is 3.50. The Morgan fingerprint density at radius 1 is 1.46 bits per heavy atom. The number of halogens is 1. The van der Waals surface area contributed by atoms with Gasteiger partial charge in [-0.05, 0) is 12.1 Å². The van der Waals surface area contributed by atoms with Crippen molar-refractivity contribution < 1.29 is 4.74 Å². The lowest BCUT2D eigenvalue weighted by molar-refractivity contribution is 0.419. The molecule has 0 fully saturated rings. The number of methoxy groups -OCH3 is 1. The molecule has 13 heavy (non-hydrogen) atoms. The maximum atomic E-state index is 5.57. The molecule has 0 radical (unpaired) electrons. The zero-order valence-corrected chi connectivity index (χ0v) is 8.61. The van der Waals surface area contributed by atoms with E-state index in [-0.39, 0.29) is 12.4 Å². The average Bonchev–Trinajstić information content (AvgIpc) is 2.44. The lowest BCUT2D eigenvalue weighted by Crippen LogP contribution is -1.84. The molecule has 0 spiro atoms. The normalized spacial score (nSPS) is 9.62. The van der Waals surface area contributed by atoms with Gasteiger partial charge in [0.25, 0.3) is 0 Å². The third kappa shape index (κ3) is 1.68. The number of rotatable bonds is 1. The highest BCUT2D eigenvalue weighted by Gasteiger charge is 2.04. The highest BCUT2D eigenvalue weighted by Crippen LogP contribution is 2.30. The van der Waals surface area contributed by atoms with Gasteiger partial charge in [-0.2, -0.15) is 0 Å². The van der Waals surface area contributed by atoms with Crippen LogP contribution in [0.2, 0.25) is 0 Å². The predicted molar refractivity (Wildman–Crippen MR) is 57.8 cm³/mol. The molecular formula is C8H9ClN2OS. The van der Waals surface area contributed by atoms with E-state index in [1.807, 2.05) is 18.2 Å². The second-order valence-corrected chi connectivity index (χ2v) is 3.42. The standard InChI is InChI=1S/C8H8N2OS.ClH/c1-11-5-3-2-4-6-7(5)10-8(9)12-6;/h2-4H,1H3,(H2,9,10);1H. The summed E-state index contributed by atoms with van der Waals surface area (Å²) in [4.78, 5) is 4.16. The molecule has 3 nitrogen and oxygen atoms in total. The van der Waals surface area contributed by atoms with Crippen LogP contribution in [0.25, 0.3) is 10.2 Å². The highest BCUT2D eigenvalue weighted by molar-refractivity contribution is 7.22. The Labute approximate surface area is 85.9 Å². The fourth-order valence-electron chi connectivity index (χ4n) is 1.11. The third-order valence-electron chi connectivity index (χ3n) is 1.62. The van der Waals surface area contributed by atoms with Crippen molar-refractivity contribution >= 4 is 39.1 Å². The van der Waals surface area contributed by atoms with Crippen molar-refractivity contribution in [3.05, 3.63) is 18.2 Å². The third-order valence-corrected chi connectivity index (χ3v) is 2.47. The van der Waals surface area contributed by atoms with Gasteiger partial charge < -0.3 is 10.5 Å². The lowest BCUT2D eigenvalue weighted by atomic mass is 10.3. The number of anilines is 1. The maximum absolute atomic E-state index is 5.57. The van der Waals surface area contributed by atoms with Crippen LogP contribution in [-0.2, 0) is 0 Å². The summed E-state index contributed by atoms with van der Waals surface area (Å²) in [6, 6.07) is 5.78. The first-order chi connectivity index (χ1) is 5.81. The van der Waals surface area contributed by atoms with Gasteiger partial charge in [-0.3, -0.25) is 0 Å². The molecular weight excluding hydrogens is 208 g/mol. The summed E-state index contributed by atoms with van der Waals surface area (Å²) in [6.45, 7) is 0. The molecule has 2 rings (SSSR count). The summed E-state index contributed by atoms with van der Waals surface area (Å²) in [5.41, 5.74) is 6.42. The minimum Gasteiger partial charge on any atom is -0.494 e. The number of nitrogen functional groups attached to an aromatic ring is 1. The number of aromatic nitrogens is 1. The molecule has 1 heterocycles. The monoisotopic (exact) mass is 216 g/mol. The number of thiazole rings is 1. The molecule has 0 unspecified atom stereocenters. The molecule has 0 bridgehead atoms. The summed E-state index contributed by atoms with van der Waals surface area (Å²) in [6.07, 6.45) is 0. The van der Waals surface area contributed by atoms with E-state index >= 15 is 0 Å². The molecule has 0 saturated heterocycles. The first-order valence-corrected chi connectivity index (χ1v) is 4.32. The van der Waals surface area contributed by atoms with Crippen LogP contribution in [0.15, 0.2) is 18.2 Å². The fraction of sp³-hybridized carbons (Fsp3) is 0.125. The van der Waals surface area contributed by atoms with Gasteiger partial charge in [-0.1, -0.05) is 17.4 Å². The van der Waals surface area contributed by atoms with Gasteiger partial charge in [0.2, 0.25) is 0 Å². The second kappa shape index (κ2) is 3.81. The first kappa shape index (κ1) is 10.1. The van der Waals surface area contributed by atoms with Crippen LogP contribution in [0, 0.1) is 0 Å². The topological polar surface area (TPSA) is 48.1 Å². The number of fused-ring (bicyclic) bond motifs is 1. The zero-order valence-electron chi connectivity index (χ0n) is 6.98. The molecule has 0 saturated carbocycles. The van der Waals surface area contributed by atoms with Crippen molar-refractivity contribution in [2.45, 2.75) is 0 Å². The van der Waals surface area contributed by atoms with E-state index in [9.17, 15) is 0 Å². The van der Waals surface area contributed by atoms with E-state index in [2.05, 4.69) is 4.98 Å². The summed E-state index contributed by atoms with van der Waals surface area (Å²) in [5.74, 6) is 0.778. The molecule has 2 N–H and O–H groups in total. The minimum absolute atomic E-state index is 0. The van der Waals surface area contributed by atoms with Crippen molar-refractivity contribution in [2.75, 3.05) is 12.8 Å². The predicted octanol–water partition coefficient (Wildman–Crippen LogP) is 2.31. The van der Waals surface area contributed by atoms with Crippen molar-refractivity contribution in [3.8, 4) is 5.75 Å². The van der Waals surface area contributed by atoms with Crippen LogP contribution in [0.4, 0.5) is 5.13 Å². The average molecular weight is 217 g/mol. The van der Waals surface area contributed by atoms with E-state index in [0.29, 0.717) is 5.13 Å². The molecule has 0 amide bonds. The Hall–Kier alpha value is -1.00. The molecule has 0 aliphatic carbocycles. The smallest absolute Gasteiger partial charge is 0.181 e. The number of nitrogens with zero attached hydrogens (tertiary/aromatic N) is 1. The van der Waals surface area contributed by atoms with E-state index in [1.54, 1.807) is 7.11 Å². The van der Waals surface area contributed by atoms with Crippen LogP contribution in [-0.4, -0.2) is 12.1 Å². The number of benzene rings is 1. The van der Waals surface area contributed by atoms with E-state index in [4.69, 9.17) is 10.5 Å². The summed E-state index contributed by atoms with van der Waals surface area (Å²) < 4.78 is 6.19. The Morgan fingerprint density at radius 3 is 2.92 bits per heavy atom. The van der Waals surface area contributed by atoms with Gasteiger partial charge in [-0.25, -0.2) is 4.98 Å². The number of para-hydroxylation sites is 1. The molecule has 0 atom stereocenters. The number of ether oxygens (including phenoxy) is 1. The van der Waals surface area contributed by atoms with Gasteiger partial charge in [-0.15, -0.1) is 12.4 Å². The minimum atomic E-state index is 0. The van der Waals surface area contributed by atoms with E-state index in [0.717, 1.165) is 16.0 Å². The highest BCUT2D eigenvalue weighted by atomic mass is 35.5. The van der Waals surface area contributed by atoms with Gasteiger partial charge in [0.05, 0.1) is 11.8 Å². The van der Waals surface area contributed by atoms with Crippen molar-refractivity contribution in [3.63, 3.8) is 0 Å². The molecule has 70 valence electrons. The van der Waals surface area contributed by atoms with E-state index < -0.39 is 0 Å². The quantitative estimate of drug-likeness (QED) is 0.796. The van der Waals surface area contributed by atoms with Crippen LogP contribution in [0.1, 0.15) is 0 Å². The number of hydrogen-bond donors (Lipinski definition) is 1. The molecule has 1 aromatic carbocycles. The molecule has 5 heteroatoms. The SMILES string of the molecule is COc1cccc2sc(N)nc12.Cl. The molecule has 2 aromatic rings. The number of nitrogens with two attached hydrogens (primary N) is 1. The van der Waals surface area contributed by atoms with Crippen LogP contribution in [0.5, 0.6) is 5.75 Å². The molecule has 1 aromatic heterocycles. The van der Waals surface area contributed by atoms with Crippen LogP contribution < -0.4 is 10.5 Å². The summed E-state index contributed by atoms with van der Waals surface area (Å²) >= 11 is 1.47. The second-order valence-electron chi connectivity index (χ2n) is 2.36. The van der Waals surface area contributed by atoms with Gasteiger partial charge in [0, 0.05) is 0 Å². The Kier molecular flexibility index (Phi) is 2.95. The molecule has 0 aliphatic heterocycles. The zero-order chi connectivity index (χ0) is 8.55. The Bertz CT molecular complexity index is 415. The fourth-order valence-corrected chi connectivity index (χ4v) is 1.86. The molecule has 0 aliphatic rings. The van der Waals surface area contributed by atoms with Crippen LogP contribution >= 0.6 is 23.7 Å². The Morgan fingerprint density at radius 2 is 2.23 bits per heavy atom. The Balaban J connectivity index is 0.000000845. The lowest BCUT2D eigenvalue weighted by Gasteiger charge is -1.97. The van der Waals surface area contributed by atoms with Gasteiger partial charge >= 0.3 is 0 Å². The van der Waals surface area contributed by atoms with Crippen molar-refractivity contribution in [1.82, 2.24) is 4.98 Å². The maximum Gasteiger partial charge on any atom is 0.181 e. The largest absolute Gasteiger partial charge is 0.494 e. The van der Waals surface area contributed by atoms with Gasteiger partial charge in [0.15, 0.2) is 5.13 Å². The van der Waals surface area contributed by atoms with Crippen LogP contribution in [0.3, 0.4) is 0 Å². The van der Waals surface area contributed by atoms with E-state index in [1.165, 1.54) is 11.3 Å². The number of hydrogen-bond acceptors (Lipinski definition) is 4. The van der Waals surface area contributed by atoms with Gasteiger partial charge in [0.1, 0.15) is 11.3 Å². The summed E-state index contributed by atoms with van der Waals surface area (Å²) in [7, 11) is 1.63. The van der Waals surface area contributed by atoms with Crippen molar-refractivity contribution in [1.29, 1.82) is 0 Å².